The summed E-state index contributed by atoms with van der Waals surface area (Å²) >= 11 is 0. The monoisotopic (exact) mass is 1630 g/mol. The zero-order valence-electron chi connectivity index (χ0n) is 63.6. The summed E-state index contributed by atoms with van der Waals surface area (Å²) in [5.74, 6) is -19.1. The van der Waals surface area contributed by atoms with Crippen molar-refractivity contribution in [3.63, 3.8) is 0 Å². The Morgan fingerprint density at radius 1 is 0.513 bits per heavy atom. The largest absolute Gasteiger partial charge is 0.480 e. The summed E-state index contributed by atoms with van der Waals surface area (Å²) in [5, 5.41) is 95.3. The standard InChI is InChI=1S/C69H110N24O18S2/c1-6-36(3)53-64(108)82-31-52(98)85-43(22-15-25-78-68(73)74)59(103)93-54(37(4)7-2)65(109)91-49(63(107)88-46(28-40-19-12-9-13-20-40)60(104)86-44(66(110)111)23-16-26-79-69(75)76)35-113-112-34-48(90-61(105)47(33-95)89-56(100)41(70)32-94)62(106)83-38(5)55(99)87-45(27-39-17-10-8-11-18-39)57(101)81-29-50(96)80-30-51(97)84-42(58(102)92-53)21-14-24-77-67(71)72/h8-13,17-20,36-38,41-49,53-54,94-95H,6-7,14-16,21-35,70H2,1-5H3,(H,80,96)(H,81,101)(H,82,108)(H,83,106)(H,84,97)(H,85,98)(H,86,104)(H,87,99)(H,88,107)(H,89,100)(H,90,105)(H,91,109)(H,92,102)(H,93,103)(H,110,111)(H4,71,72,77)(H4,73,74,78)(H4,75,76,79)/t36-,37-,38+,41-,42?,43-,44-,45-,46-,47-,48-,49-,53-,54?/m0/s1. The van der Waals surface area contributed by atoms with Crippen molar-refractivity contribution in [2.45, 2.75) is 171 Å². The number of nitrogens with two attached hydrogens (primary N) is 4. The van der Waals surface area contributed by atoms with E-state index < -0.39 is 229 Å². The maximum absolute atomic E-state index is 15.1. The maximum Gasteiger partial charge on any atom is 0.326 e. The fourth-order valence-electron chi connectivity index (χ4n) is 10.6. The average Bonchev–Trinajstić information content (AvgIpc) is 0.862. The van der Waals surface area contributed by atoms with Gasteiger partial charge in [-0.3, -0.25) is 83.4 Å². The molecular weight excluding hydrogens is 1520 g/mol. The number of carbonyl (C=O) groups is 15. The highest BCUT2D eigenvalue weighted by molar-refractivity contribution is 8.76. The molecule has 113 heavy (non-hydrogen) atoms. The Morgan fingerprint density at radius 3 is 1.51 bits per heavy atom. The lowest BCUT2D eigenvalue weighted by atomic mass is 9.97. The number of aliphatic carboxylic acids is 1. The quantitative estimate of drug-likeness (QED) is 0.0144. The summed E-state index contributed by atoms with van der Waals surface area (Å²) in [7, 11) is 1.54. The molecule has 1 saturated heterocycles. The van der Waals surface area contributed by atoms with Crippen molar-refractivity contribution in [1.82, 2.24) is 90.4 Å². The van der Waals surface area contributed by atoms with Crippen LogP contribution in [0, 0.1) is 28.1 Å². The van der Waals surface area contributed by atoms with Crippen molar-refractivity contribution in [2.75, 3.05) is 64.0 Å². The lowest BCUT2D eigenvalue weighted by Gasteiger charge is -2.29. The summed E-state index contributed by atoms with van der Waals surface area (Å²) in [5.41, 5.74) is 23.0. The minimum atomic E-state index is -1.82. The second-order valence-electron chi connectivity index (χ2n) is 26.5. The first-order valence-electron chi connectivity index (χ1n) is 36.5. The van der Waals surface area contributed by atoms with Gasteiger partial charge in [-0.05, 0) is 68.4 Å². The van der Waals surface area contributed by atoms with Crippen molar-refractivity contribution in [3.8, 4) is 0 Å². The Kier molecular flexibility index (Phi) is 43.7. The Hall–Kier alpha value is -11.1. The third-order valence-corrected chi connectivity index (χ3v) is 19.9. The van der Waals surface area contributed by atoms with E-state index in [9.17, 15) is 77.6 Å². The lowest BCUT2D eigenvalue weighted by Crippen LogP contribution is -2.61. The van der Waals surface area contributed by atoms with Crippen LogP contribution in [0.4, 0.5) is 0 Å². The number of carbonyl (C=O) groups excluding carboxylic acids is 14. The number of amides is 14. The van der Waals surface area contributed by atoms with Crippen LogP contribution in [-0.4, -0.2) is 258 Å². The Bertz CT molecular complexity index is 3580. The molecule has 2 unspecified atom stereocenters. The molecule has 44 heteroatoms. The van der Waals surface area contributed by atoms with E-state index in [4.69, 9.17) is 39.2 Å². The van der Waals surface area contributed by atoms with Gasteiger partial charge >= 0.3 is 5.97 Å². The first-order valence-corrected chi connectivity index (χ1v) is 39.0. The first kappa shape index (κ1) is 96.1. The Labute approximate surface area is 660 Å². The second kappa shape index (κ2) is 51.4. The summed E-state index contributed by atoms with van der Waals surface area (Å²) in [4.78, 5) is 211. The molecule has 0 aromatic heterocycles. The van der Waals surface area contributed by atoms with E-state index in [-0.39, 0.29) is 89.8 Å². The molecule has 31 N–H and O–H groups in total. The minimum Gasteiger partial charge on any atom is -0.480 e. The summed E-state index contributed by atoms with van der Waals surface area (Å²) in [6.45, 7) is 3.56. The van der Waals surface area contributed by atoms with Crippen molar-refractivity contribution in [1.29, 1.82) is 16.2 Å². The van der Waals surface area contributed by atoms with Crippen LogP contribution in [-0.2, 0) is 84.8 Å². The second-order valence-corrected chi connectivity index (χ2v) is 29.1. The van der Waals surface area contributed by atoms with Crippen molar-refractivity contribution < 1.29 is 87.2 Å². The maximum atomic E-state index is 15.1. The number of hydrogen-bond acceptors (Lipinski definition) is 23. The van der Waals surface area contributed by atoms with Crippen LogP contribution in [0.25, 0.3) is 0 Å². The van der Waals surface area contributed by atoms with Gasteiger partial charge in [0.1, 0.15) is 72.5 Å². The molecule has 0 bridgehead atoms. The Morgan fingerprint density at radius 2 is 1.00 bits per heavy atom. The molecule has 0 saturated carbocycles. The molecular formula is C69H110N24O18S2. The van der Waals surface area contributed by atoms with Gasteiger partial charge in [0.15, 0.2) is 17.9 Å². The van der Waals surface area contributed by atoms with Gasteiger partial charge < -0.3 is 129 Å². The summed E-state index contributed by atoms with van der Waals surface area (Å²) in [6, 6.07) is -2.53. The van der Waals surface area contributed by atoms with Crippen LogP contribution >= 0.6 is 21.6 Å². The minimum absolute atomic E-state index is 0.00239. The number of rotatable bonds is 31. The number of guanidine groups is 3. The van der Waals surface area contributed by atoms with Crippen molar-refractivity contribution in [3.05, 3.63) is 71.8 Å². The molecule has 0 radical (unpaired) electrons. The van der Waals surface area contributed by atoms with Crippen molar-refractivity contribution >= 4 is 128 Å². The van der Waals surface area contributed by atoms with Crippen LogP contribution in [0.15, 0.2) is 60.7 Å². The normalized spacial score (nSPS) is 21.6. The van der Waals surface area contributed by atoms with E-state index in [0.717, 1.165) is 21.6 Å². The number of aliphatic hydroxyl groups excluding tert-OH is 2. The van der Waals surface area contributed by atoms with Gasteiger partial charge in [-0.1, -0.05) is 123 Å². The third-order valence-electron chi connectivity index (χ3n) is 17.5. The van der Waals surface area contributed by atoms with Gasteiger partial charge in [-0.25, -0.2) is 4.79 Å². The summed E-state index contributed by atoms with van der Waals surface area (Å²) in [6.07, 6.45) is -0.261. The van der Waals surface area contributed by atoms with Gasteiger partial charge in [0.2, 0.25) is 82.7 Å². The molecule has 0 spiro atoms. The number of carboxylic acid groups (broad SMARTS) is 1. The zero-order chi connectivity index (χ0) is 84.3. The molecule has 42 nitrogen and oxygen atoms in total. The molecule has 2 aromatic carbocycles. The third kappa shape index (κ3) is 36.7. The first-order chi connectivity index (χ1) is 53.6. The van der Waals surface area contributed by atoms with Crippen molar-refractivity contribution in [2.24, 2.45) is 34.8 Å². The molecule has 14 amide bonds. The smallest absolute Gasteiger partial charge is 0.326 e. The highest BCUT2D eigenvalue weighted by atomic mass is 33.1. The molecule has 626 valence electrons. The summed E-state index contributed by atoms with van der Waals surface area (Å²) < 4.78 is 0. The number of hydrogen-bond donors (Lipinski definition) is 27. The molecule has 0 aliphatic carbocycles. The highest BCUT2D eigenvalue weighted by Gasteiger charge is 2.38. The molecule has 1 fully saturated rings. The van der Waals surface area contributed by atoms with E-state index >= 15 is 9.59 Å². The number of carboxylic acids is 1. The van der Waals surface area contributed by atoms with E-state index in [1.165, 1.54) is 6.92 Å². The number of nitrogens with one attached hydrogen (secondary N) is 20. The van der Waals surface area contributed by atoms with E-state index in [0.29, 0.717) is 11.1 Å². The van der Waals surface area contributed by atoms with E-state index in [2.05, 4.69) is 90.4 Å². The molecule has 3 rings (SSSR count). The highest BCUT2D eigenvalue weighted by Crippen LogP contribution is 2.24. The molecule has 1 heterocycles. The van der Waals surface area contributed by atoms with Gasteiger partial charge in [0.25, 0.3) is 0 Å². The lowest BCUT2D eigenvalue weighted by molar-refractivity contribution is -0.142. The zero-order valence-corrected chi connectivity index (χ0v) is 65.2. The van der Waals surface area contributed by atoms with Crippen LogP contribution in [0.3, 0.4) is 0 Å². The molecule has 1 aliphatic heterocycles. The van der Waals surface area contributed by atoms with E-state index in [1.807, 2.05) is 0 Å². The SMILES string of the molecule is CC[C@H](C)C1NC(=O)[C@H](CCCNC(=N)N)NC(=O)CNC(=O)[C@H]([C@@H](C)CC)NC(=O)C(CCCNC(=N)N)NC(=O)CNC(=O)CNC(=O)[C@H](Cc2ccccc2)NC(=O)[C@@H](C)NC(=O)[C@@H](NC(=O)[C@H](CO)NC(=O)[C@@H](N)CO)CSSC[C@@H](C(=O)N[C@@H](Cc2ccccc2)C(=O)N[C@@H](CCCNC(=N)N)C(=O)O)NC1=O. The van der Waals surface area contributed by atoms with Gasteiger partial charge in [-0.15, -0.1) is 0 Å². The fourth-order valence-corrected chi connectivity index (χ4v) is 12.9. The van der Waals surface area contributed by atoms with E-state index in [1.54, 1.807) is 88.4 Å². The fraction of sp³-hybridized carbons (Fsp3) is 0.565. The topological polar surface area (TPSA) is 697 Å². The van der Waals surface area contributed by atoms with Gasteiger partial charge in [0, 0.05) is 44.0 Å². The number of benzene rings is 2. The number of aliphatic hydroxyl groups is 2. The van der Waals surface area contributed by atoms with Crippen LogP contribution in [0.2, 0.25) is 0 Å². The average molecular weight is 1630 g/mol. The van der Waals surface area contributed by atoms with Crippen LogP contribution < -0.4 is 113 Å². The van der Waals surface area contributed by atoms with Crippen LogP contribution in [0.1, 0.15) is 97.1 Å². The molecule has 14 atom stereocenters. The molecule has 2 aromatic rings. The van der Waals surface area contributed by atoms with Gasteiger partial charge in [0.05, 0.1) is 32.8 Å². The predicted molar refractivity (Wildman–Crippen MR) is 417 cm³/mol. The predicted octanol–water partition coefficient (Wildman–Crippen LogP) is -8.15. The van der Waals surface area contributed by atoms with Gasteiger partial charge in [-0.2, -0.15) is 0 Å². The Balaban J connectivity index is 2.30. The van der Waals surface area contributed by atoms with Crippen LogP contribution in [0.5, 0.6) is 0 Å². The molecule has 1 aliphatic rings.